The van der Waals surface area contributed by atoms with Crippen LogP contribution in [-0.4, -0.2) is 36.1 Å². The lowest BCUT2D eigenvalue weighted by Crippen LogP contribution is -2.35. The number of hydrogen-bond donors (Lipinski definition) is 1. The molecule has 0 aliphatic carbocycles. The van der Waals surface area contributed by atoms with Crippen LogP contribution in [0.5, 0.6) is 0 Å². The number of nitrogens with zero attached hydrogens (tertiary/aromatic N) is 1. The maximum atomic E-state index is 11.9. The molecule has 0 aliphatic heterocycles. The molecule has 21 heavy (non-hydrogen) atoms. The van der Waals surface area contributed by atoms with E-state index < -0.39 is 5.60 Å². The molecule has 0 atom stereocenters. The van der Waals surface area contributed by atoms with Crippen LogP contribution in [0.1, 0.15) is 33.3 Å². The van der Waals surface area contributed by atoms with Gasteiger partial charge in [-0.1, -0.05) is 18.2 Å². The second-order valence-electron chi connectivity index (χ2n) is 5.99. The molecule has 0 aliphatic rings. The molecule has 0 spiro atoms. The Labute approximate surface area is 126 Å². The monoisotopic (exact) mass is 292 g/mol. The Bertz CT molecular complexity index is 506. The van der Waals surface area contributed by atoms with E-state index in [1.165, 1.54) is 11.8 Å². The Balaban J connectivity index is 2.63. The number of nitrogens with one attached hydrogen (secondary N) is 1. The zero-order valence-electron chi connectivity index (χ0n) is 13.4. The number of ether oxygens (including phenoxy) is 1. The van der Waals surface area contributed by atoms with Gasteiger partial charge < -0.3 is 15.0 Å². The molecule has 1 N–H and O–H groups in total. The minimum absolute atomic E-state index is 0.108. The highest BCUT2D eigenvalue weighted by molar-refractivity contribution is 5.89. The van der Waals surface area contributed by atoms with Gasteiger partial charge in [0.25, 0.3) is 0 Å². The predicted molar refractivity (Wildman–Crippen MR) is 83.3 cm³/mol. The van der Waals surface area contributed by atoms with Gasteiger partial charge in [0, 0.05) is 26.2 Å². The van der Waals surface area contributed by atoms with Crippen molar-refractivity contribution >= 4 is 17.7 Å². The predicted octanol–water partition coefficient (Wildman–Crippen LogP) is 3.05. The van der Waals surface area contributed by atoms with Crippen LogP contribution >= 0.6 is 0 Å². The number of carbonyl (C=O) groups excluding carboxylic acids is 2. The highest BCUT2D eigenvalue weighted by Crippen LogP contribution is 2.16. The van der Waals surface area contributed by atoms with Crippen LogP contribution in [0.4, 0.5) is 10.5 Å². The van der Waals surface area contributed by atoms with Crippen molar-refractivity contribution in [3.63, 3.8) is 0 Å². The third-order valence-corrected chi connectivity index (χ3v) is 2.75. The molecule has 1 rings (SSSR count). The zero-order chi connectivity index (χ0) is 16.0. The molecule has 0 unspecified atom stereocenters. The summed E-state index contributed by atoms with van der Waals surface area (Å²) < 4.78 is 5.30. The first-order valence-electron chi connectivity index (χ1n) is 6.98. The fraction of sp³-hybridized carbons (Fsp3) is 0.500. The maximum Gasteiger partial charge on any atom is 0.410 e. The maximum absolute atomic E-state index is 11.9. The molecule has 0 fully saturated rings. The van der Waals surface area contributed by atoms with Gasteiger partial charge in [-0.05, 0) is 38.8 Å². The molecule has 0 bridgehead atoms. The van der Waals surface area contributed by atoms with Crippen LogP contribution < -0.4 is 5.32 Å². The summed E-state index contributed by atoms with van der Waals surface area (Å²) in [6, 6.07) is 7.57. The molecule has 5 nitrogen and oxygen atoms in total. The van der Waals surface area contributed by atoms with E-state index in [9.17, 15) is 9.59 Å². The van der Waals surface area contributed by atoms with Crippen molar-refractivity contribution in [1.82, 2.24) is 4.90 Å². The number of benzene rings is 1. The highest BCUT2D eigenvalue weighted by Gasteiger charge is 2.19. The van der Waals surface area contributed by atoms with E-state index in [0.717, 1.165) is 11.3 Å². The Morgan fingerprint density at radius 1 is 1.24 bits per heavy atom. The molecule has 116 valence electrons. The van der Waals surface area contributed by atoms with Gasteiger partial charge in [-0.15, -0.1) is 0 Å². The van der Waals surface area contributed by atoms with Crippen LogP contribution in [-0.2, 0) is 16.0 Å². The van der Waals surface area contributed by atoms with Gasteiger partial charge in [-0.25, -0.2) is 4.79 Å². The molecule has 0 aromatic heterocycles. The summed E-state index contributed by atoms with van der Waals surface area (Å²) in [5.41, 5.74) is 1.27. The van der Waals surface area contributed by atoms with Gasteiger partial charge in [0.15, 0.2) is 0 Å². The van der Waals surface area contributed by atoms with Crippen LogP contribution in [0.25, 0.3) is 0 Å². The third-order valence-electron chi connectivity index (χ3n) is 2.75. The first-order valence-corrected chi connectivity index (χ1v) is 6.98. The minimum atomic E-state index is -0.501. The second kappa shape index (κ2) is 7.11. The standard InChI is InChI=1S/C16H24N2O3/c1-12(19)17-14-9-7-6-8-13(14)10-11-18(5)15(20)21-16(2,3)4/h6-9H,10-11H2,1-5H3,(H,17,19). The number of carbonyl (C=O) groups is 2. The van der Waals surface area contributed by atoms with E-state index in [4.69, 9.17) is 4.74 Å². The van der Waals surface area contributed by atoms with E-state index in [-0.39, 0.29) is 12.0 Å². The van der Waals surface area contributed by atoms with Crippen molar-refractivity contribution in [1.29, 1.82) is 0 Å². The lowest BCUT2D eigenvalue weighted by molar-refractivity contribution is -0.114. The van der Waals surface area contributed by atoms with Crippen molar-refractivity contribution < 1.29 is 14.3 Å². The first kappa shape index (κ1) is 17.0. The fourth-order valence-corrected chi connectivity index (χ4v) is 1.77. The molecule has 0 heterocycles. The van der Waals surface area contributed by atoms with Crippen molar-refractivity contribution in [2.75, 3.05) is 18.9 Å². The van der Waals surface area contributed by atoms with Gasteiger partial charge in [-0.3, -0.25) is 4.79 Å². The van der Waals surface area contributed by atoms with Crippen molar-refractivity contribution in [2.45, 2.75) is 39.7 Å². The van der Waals surface area contributed by atoms with Gasteiger partial charge >= 0.3 is 6.09 Å². The molecule has 1 aromatic carbocycles. The number of anilines is 1. The summed E-state index contributed by atoms with van der Waals surface area (Å²) in [6.45, 7) is 7.51. The van der Waals surface area contributed by atoms with E-state index in [2.05, 4.69) is 5.32 Å². The number of rotatable bonds is 4. The summed E-state index contributed by atoms with van der Waals surface area (Å²) in [6.07, 6.45) is 0.297. The topological polar surface area (TPSA) is 58.6 Å². The number of para-hydroxylation sites is 1. The molecule has 1 aromatic rings. The van der Waals surface area contributed by atoms with E-state index in [0.29, 0.717) is 13.0 Å². The lowest BCUT2D eigenvalue weighted by Gasteiger charge is -2.24. The third kappa shape index (κ3) is 6.29. The molecule has 5 heteroatoms. The summed E-state index contributed by atoms with van der Waals surface area (Å²) in [7, 11) is 1.70. The largest absolute Gasteiger partial charge is 0.444 e. The Morgan fingerprint density at radius 3 is 2.43 bits per heavy atom. The number of amides is 2. The quantitative estimate of drug-likeness (QED) is 0.928. The zero-order valence-corrected chi connectivity index (χ0v) is 13.4. The SMILES string of the molecule is CC(=O)Nc1ccccc1CCN(C)C(=O)OC(C)(C)C. The molecule has 0 saturated heterocycles. The van der Waals surface area contributed by atoms with Gasteiger partial charge in [0.2, 0.25) is 5.91 Å². The van der Waals surface area contributed by atoms with Crippen molar-refractivity contribution in [3.8, 4) is 0 Å². The lowest BCUT2D eigenvalue weighted by atomic mass is 10.1. The van der Waals surface area contributed by atoms with Crippen LogP contribution in [0.15, 0.2) is 24.3 Å². The Hall–Kier alpha value is -2.04. The molecular formula is C16H24N2O3. The summed E-state index contributed by atoms with van der Waals surface area (Å²) in [5.74, 6) is -0.108. The fourth-order valence-electron chi connectivity index (χ4n) is 1.77. The highest BCUT2D eigenvalue weighted by atomic mass is 16.6. The molecule has 0 radical (unpaired) electrons. The summed E-state index contributed by atoms with van der Waals surface area (Å²) >= 11 is 0. The molecule has 2 amide bonds. The molecular weight excluding hydrogens is 268 g/mol. The van der Waals surface area contributed by atoms with Crippen molar-refractivity contribution in [3.05, 3.63) is 29.8 Å². The minimum Gasteiger partial charge on any atom is -0.444 e. The Morgan fingerprint density at radius 2 is 1.86 bits per heavy atom. The average molecular weight is 292 g/mol. The summed E-state index contributed by atoms with van der Waals surface area (Å²) in [4.78, 5) is 24.6. The van der Waals surface area contributed by atoms with Gasteiger partial charge in [-0.2, -0.15) is 0 Å². The van der Waals surface area contributed by atoms with Gasteiger partial charge in [0.05, 0.1) is 0 Å². The smallest absolute Gasteiger partial charge is 0.410 e. The second-order valence-corrected chi connectivity index (χ2v) is 5.99. The number of likely N-dealkylation sites (N-methyl/N-ethyl adjacent to an activating group) is 1. The van der Waals surface area contributed by atoms with Crippen LogP contribution in [0.2, 0.25) is 0 Å². The van der Waals surface area contributed by atoms with E-state index >= 15 is 0 Å². The van der Waals surface area contributed by atoms with Crippen LogP contribution in [0, 0.1) is 0 Å². The number of hydrogen-bond acceptors (Lipinski definition) is 3. The van der Waals surface area contributed by atoms with Crippen LogP contribution in [0.3, 0.4) is 0 Å². The first-order chi connectivity index (χ1) is 9.69. The summed E-state index contributed by atoms with van der Waals surface area (Å²) in [5, 5.41) is 2.79. The van der Waals surface area contributed by atoms with Crippen molar-refractivity contribution in [2.24, 2.45) is 0 Å². The van der Waals surface area contributed by atoms with E-state index in [1.54, 1.807) is 7.05 Å². The average Bonchev–Trinajstić information content (AvgIpc) is 2.34. The Kier molecular flexibility index (Phi) is 5.76. The van der Waals surface area contributed by atoms with Gasteiger partial charge in [0.1, 0.15) is 5.60 Å². The van der Waals surface area contributed by atoms with E-state index in [1.807, 2.05) is 45.0 Å². The molecule has 0 saturated carbocycles. The normalized spacial score (nSPS) is 10.9.